The quantitative estimate of drug-likeness (QED) is 0.550. The van der Waals surface area contributed by atoms with E-state index in [1.165, 1.54) is 42.4 Å². The first-order valence-electron chi connectivity index (χ1n) is 11.4. The molecule has 1 aliphatic heterocycles. The normalized spacial score (nSPS) is 19.9. The average molecular weight is 413 g/mol. The Balaban J connectivity index is 1.26. The zero-order chi connectivity index (χ0) is 21.0. The highest BCUT2D eigenvalue weighted by molar-refractivity contribution is 5.83. The van der Waals surface area contributed by atoms with Gasteiger partial charge in [-0.05, 0) is 80.2 Å². The lowest BCUT2D eigenvalue weighted by Crippen LogP contribution is -2.42. The number of piperidine rings is 1. The summed E-state index contributed by atoms with van der Waals surface area (Å²) in [5, 5.41) is 4.51. The maximum atomic E-state index is 5.90. The molecular formula is C26H28N4O. The number of hydrogen-bond acceptors (Lipinski definition) is 5. The van der Waals surface area contributed by atoms with Crippen LogP contribution in [-0.4, -0.2) is 28.2 Å². The Morgan fingerprint density at radius 3 is 2.52 bits per heavy atom. The molecule has 0 radical (unpaired) electrons. The van der Waals surface area contributed by atoms with Crippen LogP contribution >= 0.6 is 0 Å². The van der Waals surface area contributed by atoms with Crippen LogP contribution in [0.3, 0.4) is 0 Å². The molecule has 1 saturated heterocycles. The van der Waals surface area contributed by atoms with Crippen LogP contribution in [0.1, 0.15) is 60.5 Å². The maximum Gasteiger partial charge on any atom is 0.147 e. The van der Waals surface area contributed by atoms with Crippen molar-refractivity contribution in [3.8, 4) is 11.4 Å². The van der Waals surface area contributed by atoms with Crippen LogP contribution in [-0.2, 0) is 0 Å². The summed E-state index contributed by atoms with van der Waals surface area (Å²) in [6.07, 6.45) is 12.2. The van der Waals surface area contributed by atoms with Crippen molar-refractivity contribution in [3.05, 3.63) is 65.2 Å². The summed E-state index contributed by atoms with van der Waals surface area (Å²) in [7, 11) is 0. The molecule has 2 fully saturated rings. The van der Waals surface area contributed by atoms with Crippen molar-refractivity contribution in [2.45, 2.75) is 51.9 Å². The largest absolute Gasteiger partial charge is 0.360 e. The van der Waals surface area contributed by atoms with Gasteiger partial charge in [0.1, 0.15) is 17.3 Å². The fourth-order valence-electron chi connectivity index (χ4n) is 5.16. The number of pyridine rings is 2. The van der Waals surface area contributed by atoms with Crippen LogP contribution in [0.4, 0.5) is 5.82 Å². The molecule has 6 rings (SSSR count). The Kier molecular flexibility index (Phi) is 4.27. The highest BCUT2D eigenvalue weighted by atomic mass is 16.5. The Morgan fingerprint density at radius 2 is 1.84 bits per heavy atom. The van der Waals surface area contributed by atoms with Crippen LogP contribution < -0.4 is 4.90 Å². The third kappa shape index (κ3) is 3.27. The summed E-state index contributed by atoms with van der Waals surface area (Å²) in [4.78, 5) is 11.7. The Morgan fingerprint density at radius 1 is 1.03 bits per heavy atom. The number of hydrogen-bond donors (Lipinski definition) is 0. The Bertz CT molecular complexity index is 1150. The van der Waals surface area contributed by atoms with E-state index in [0.717, 1.165) is 48.0 Å². The summed E-state index contributed by atoms with van der Waals surface area (Å²) in [5.74, 6) is 2.72. The Hall–Kier alpha value is -2.95. The molecule has 2 aliphatic carbocycles. The van der Waals surface area contributed by atoms with Crippen LogP contribution in [0.25, 0.3) is 17.0 Å². The molecule has 158 valence electrons. The highest BCUT2D eigenvalue weighted by Gasteiger charge is 2.44. The van der Waals surface area contributed by atoms with E-state index < -0.39 is 0 Å². The van der Waals surface area contributed by atoms with Crippen LogP contribution in [0, 0.1) is 19.3 Å². The zero-order valence-corrected chi connectivity index (χ0v) is 18.3. The fourth-order valence-corrected chi connectivity index (χ4v) is 5.16. The molecule has 0 bridgehead atoms. The predicted octanol–water partition coefficient (Wildman–Crippen LogP) is 5.70. The zero-order valence-electron chi connectivity index (χ0n) is 18.3. The van der Waals surface area contributed by atoms with Gasteiger partial charge < -0.3 is 9.42 Å². The Labute approximate surface area is 183 Å². The van der Waals surface area contributed by atoms with E-state index in [1.54, 1.807) is 0 Å². The van der Waals surface area contributed by atoms with Crippen molar-refractivity contribution in [1.29, 1.82) is 0 Å². The van der Waals surface area contributed by atoms with E-state index in [4.69, 9.17) is 4.52 Å². The second kappa shape index (κ2) is 7.04. The lowest BCUT2D eigenvalue weighted by atomic mass is 9.63. The van der Waals surface area contributed by atoms with Crippen LogP contribution in [0.15, 0.2) is 47.3 Å². The van der Waals surface area contributed by atoms with E-state index in [2.05, 4.69) is 58.1 Å². The van der Waals surface area contributed by atoms with Crippen molar-refractivity contribution in [3.63, 3.8) is 0 Å². The van der Waals surface area contributed by atoms with Gasteiger partial charge in [0.15, 0.2) is 0 Å². The lowest BCUT2D eigenvalue weighted by molar-refractivity contribution is 0.277. The molecule has 5 nitrogen and oxygen atoms in total. The molecule has 31 heavy (non-hydrogen) atoms. The standard InChI is InChI=1S/C26H28N4O/c1-17-5-8-21(28-16-17)30-12-9-26(10-13-30)14-20(15-26)22-24(23-18(2)4-3-11-27-23)29-31-25(22)19-6-7-19/h3-5,8,11,14,16,19H,6-7,9-10,12-13,15H2,1-2H3. The smallest absolute Gasteiger partial charge is 0.147 e. The van der Waals surface area contributed by atoms with Crippen LogP contribution in [0.2, 0.25) is 0 Å². The molecule has 3 aliphatic rings. The highest BCUT2D eigenvalue weighted by Crippen LogP contribution is 2.55. The molecule has 0 aromatic carbocycles. The predicted molar refractivity (Wildman–Crippen MR) is 122 cm³/mol. The SMILES string of the molecule is Cc1ccc(N2CCC3(C=C(c4c(-c5ncccc5C)noc4C4CC4)C3)CC2)nc1. The van der Waals surface area contributed by atoms with Gasteiger partial charge in [0.25, 0.3) is 0 Å². The second-order valence-electron chi connectivity index (χ2n) is 9.60. The molecule has 0 unspecified atom stereocenters. The monoisotopic (exact) mass is 412 g/mol. The third-order valence-electron chi connectivity index (χ3n) is 7.22. The number of aryl methyl sites for hydroxylation is 2. The molecular weight excluding hydrogens is 384 g/mol. The minimum absolute atomic E-state index is 0.311. The molecule has 0 N–H and O–H groups in total. The summed E-state index contributed by atoms with van der Waals surface area (Å²) in [6, 6.07) is 8.38. The second-order valence-corrected chi connectivity index (χ2v) is 9.60. The maximum absolute atomic E-state index is 5.90. The van der Waals surface area contributed by atoms with Gasteiger partial charge in [-0.1, -0.05) is 23.4 Å². The first kappa shape index (κ1) is 18.8. The number of rotatable bonds is 4. The molecule has 0 atom stereocenters. The molecule has 4 heterocycles. The summed E-state index contributed by atoms with van der Waals surface area (Å²) >= 11 is 0. The van der Waals surface area contributed by atoms with Gasteiger partial charge in [-0.2, -0.15) is 0 Å². The van der Waals surface area contributed by atoms with Crippen molar-refractivity contribution >= 4 is 11.4 Å². The third-order valence-corrected chi connectivity index (χ3v) is 7.22. The average Bonchev–Trinajstić information content (AvgIpc) is 3.52. The first-order valence-corrected chi connectivity index (χ1v) is 11.4. The fraction of sp³-hybridized carbons (Fsp3) is 0.423. The van der Waals surface area contributed by atoms with Crippen molar-refractivity contribution < 1.29 is 4.52 Å². The number of nitrogens with zero attached hydrogens (tertiary/aromatic N) is 4. The van der Waals surface area contributed by atoms with Gasteiger partial charge in [-0.25, -0.2) is 4.98 Å². The molecule has 1 spiro atoms. The van der Waals surface area contributed by atoms with Crippen LogP contribution in [0.5, 0.6) is 0 Å². The van der Waals surface area contributed by atoms with Gasteiger partial charge in [0, 0.05) is 31.4 Å². The number of anilines is 1. The van der Waals surface area contributed by atoms with Gasteiger partial charge in [0.05, 0.1) is 11.3 Å². The van der Waals surface area contributed by atoms with Gasteiger partial charge in [-0.15, -0.1) is 0 Å². The molecule has 5 heteroatoms. The van der Waals surface area contributed by atoms with Gasteiger partial charge in [0.2, 0.25) is 0 Å². The summed E-state index contributed by atoms with van der Waals surface area (Å²) in [6.45, 7) is 6.31. The van der Waals surface area contributed by atoms with E-state index in [-0.39, 0.29) is 0 Å². The summed E-state index contributed by atoms with van der Waals surface area (Å²) in [5.41, 5.74) is 7.20. The lowest BCUT2D eigenvalue weighted by Gasteiger charge is -2.46. The molecule has 1 saturated carbocycles. The summed E-state index contributed by atoms with van der Waals surface area (Å²) < 4.78 is 5.90. The number of allylic oxidation sites excluding steroid dienone is 2. The minimum atomic E-state index is 0.311. The van der Waals surface area contributed by atoms with Gasteiger partial charge in [-0.3, -0.25) is 4.98 Å². The van der Waals surface area contributed by atoms with E-state index in [0.29, 0.717) is 11.3 Å². The van der Waals surface area contributed by atoms with E-state index in [9.17, 15) is 0 Å². The molecule has 3 aromatic rings. The minimum Gasteiger partial charge on any atom is -0.360 e. The van der Waals surface area contributed by atoms with Crippen molar-refractivity contribution in [1.82, 2.24) is 15.1 Å². The topological polar surface area (TPSA) is 55.1 Å². The van der Waals surface area contributed by atoms with E-state index >= 15 is 0 Å². The molecule has 0 amide bonds. The molecule has 3 aromatic heterocycles. The van der Waals surface area contributed by atoms with Gasteiger partial charge >= 0.3 is 0 Å². The van der Waals surface area contributed by atoms with Crippen molar-refractivity contribution in [2.75, 3.05) is 18.0 Å². The first-order chi connectivity index (χ1) is 15.1. The van der Waals surface area contributed by atoms with Crippen molar-refractivity contribution in [2.24, 2.45) is 5.41 Å². The van der Waals surface area contributed by atoms with E-state index in [1.807, 2.05) is 18.5 Å². The number of aromatic nitrogens is 3.